The average Bonchev–Trinajstić information content (AvgIpc) is 2.83. The molecule has 0 aliphatic rings. The van der Waals surface area contributed by atoms with Crippen LogP contribution >= 0.6 is 23.5 Å². The Morgan fingerprint density at radius 3 is 1.22 bits per heavy atom. The molecule has 0 fully saturated rings. The number of unbranched alkanes of at least 4 members (excludes halogenated alkanes) is 6. The van der Waals surface area contributed by atoms with E-state index in [9.17, 15) is 19.8 Å². The topological polar surface area (TPSA) is 80.3 Å². The number of hydrogen-bond acceptors (Lipinski definition) is 6. The summed E-state index contributed by atoms with van der Waals surface area (Å²) >= 11 is 3.11. The first-order chi connectivity index (χ1) is 17.5. The van der Waals surface area contributed by atoms with Gasteiger partial charge < -0.3 is 19.8 Å². The van der Waals surface area contributed by atoms with E-state index in [2.05, 4.69) is 41.5 Å². The van der Waals surface area contributed by atoms with Gasteiger partial charge in [0.1, 0.15) is 0 Å². The SMILES string of the molecule is CC(C)CCCCCSC(C)C(=O)[O-].CC(C)CCCCCSC(C)C(=O)[O-].CCC[CH2][Sn+2][CH2]CCC. The molecule has 0 saturated heterocycles. The van der Waals surface area contributed by atoms with Gasteiger partial charge in [0.15, 0.2) is 0 Å². The molecule has 0 aliphatic carbocycles. The average molecular weight is 668 g/mol. The molecular weight excluding hydrogens is 607 g/mol. The third kappa shape index (κ3) is 41.1. The van der Waals surface area contributed by atoms with Crippen LogP contribution in [-0.4, -0.2) is 55.1 Å². The van der Waals surface area contributed by atoms with Crippen LogP contribution < -0.4 is 10.2 Å². The van der Waals surface area contributed by atoms with Crippen LogP contribution in [0.3, 0.4) is 0 Å². The van der Waals surface area contributed by atoms with Gasteiger partial charge in [0.25, 0.3) is 0 Å². The second-order valence-electron chi connectivity index (χ2n) is 10.6. The Labute approximate surface area is 250 Å². The van der Waals surface area contributed by atoms with Gasteiger partial charge in [-0.1, -0.05) is 66.2 Å². The zero-order valence-corrected chi connectivity index (χ0v) is 30.1. The van der Waals surface area contributed by atoms with Crippen LogP contribution in [0.1, 0.15) is 132 Å². The number of aliphatic carboxylic acids is 2. The molecule has 2 unspecified atom stereocenters. The van der Waals surface area contributed by atoms with E-state index in [0.29, 0.717) is 0 Å². The Balaban J connectivity index is -0.000000481. The van der Waals surface area contributed by atoms with Crippen molar-refractivity contribution in [1.29, 1.82) is 0 Å². The molecule has 2 atom stereocenters. The zero-order valence-electron chi connectivity index (χ0n) is 25.6. The first kappa shape index (κ1) is 41.9. The summed E-state index contributed by atoms with van der Waals surface area (Å²) < 4.78 is 3.25. The van der Waals surface area contributed by atoms with Gasteiger partial charge in [-0.15, -0.1) is 0 Å². The monoisotopic (exact) mass is 668 g/mol. The van der Waals surface area contributed by atoms with Crippen molar-refractivity contribution in [1.82, 2.24) is 0 Å². The summed E-state index contributed by atoms with van der Waals surface area (Å²) in [6, 6.07) is 0. The molecule has 0 rings (SSSR count). The Morgan fingerprint density at radius 2 is 0.946 bits per heavy atom. The minimum absolute atomic E-state index is 0.149. The van der Waals surface area contributed by atoms with E-state index in [-0.39, 0.29) is 31.6 Å². The maximum atomic E-state index is 10.4. The number of carbonyl (C=O) groups is 2. The van der Waals surface area contributed by atoms with Gasteiger partial charge >= 0.3 is 69.5 Å². The van der Waals surface area contributed by atoms with E-state index >= 15 is 0 Å². The Morgan fingerprint density at radius 1 is 0.595 bits per heavy atom. The predicted octanol–water partition coefficient (Wildman–Crippen LogP) is 7.28. The quantitative estimate of drug-likeness (QED) is 0.0893. The van der Waals surface area contributed by atoms with E-state index in [1.54, 1.807) is 22.7 Å². The van der Waals surface area contributed by atoms with E-state index in [1.165, 1.54) is 87.7 Å². The molecule has 4 nitrogen and oxygen atoms in total. The molecule has 0 aliphatic heterocycles. The summed E-state index contributed by atoms with van der Waals surface area (Å²) in [7, 11) is 0. The molecule has 7 heteroatoms. The number of rotatable bonds is 22. The van der Waals surface area contributed by atoms with Crippen LogP contribution in [0, 0.1) is 11.8 Å². The van der Waals surface area contributed by atoms with Gasteiger partial charge in [-0.05, 0) is 50.0 Å². The van der Waals surface area contributed by atoms with E-state index in [1.807, 2.05) is 0 Å². The van der Waals surface area contributed by atoms with E-state index in [4.69, 9.17) is 0 Å². The number of thioether (sulfide) groups is 2. The van der Waals surface area contributed by atoms with Crippen molar-refractivity contribution < 1.29 is 19.8 Å². The maximum absolute atomic E-state index is 10.4. The molecule has 0 amide bonds. The molecular formula is C30H60O4S2Sn. The minimum atomic E-state index is -0.947. The van der Waals surface area contributed by atoms with Gasteiger partial charge in [-0.2, -0.15) is 23.5 Å². The molecule has 0 aromatic rings. The third-order valence-corrected chi connectivity index (χ3v) is 12.1. The van der Waals surface area contributed by atoms with Gasteiger partial charge in [0.2, 0.25) is 0 Å². The zero-order chi connectivity index (χ0) is 28.9. The van der Waals surface area contributed by atoms with Crippen LogP contribution in [0.25, 0.3) is 0 Å². The van der Waals surface area contributed by atoms with Crippen LogP contribution in [0.5, 0.6) is 0 Å². The van der Waals surface area contributed by atoms with E-state index in [0.717, 1.165) is 36.2 Å². The molecule has 0 aromatic heterocycles. The molecule has 37 heavy (non-hydrogen) atoms. The van der Waals surface area contributed by atoms with Crippen LogP contribution in [-0.2, 0) is 9.59 Å². The fraction of sp³-hybridized carbons (Fsp3) is 0.933. The van der Waals surface area contributed by atoms with Crippen molar-refractivity contribution >= 4 is 56.6 Å². The summed E-state index contributed by atoms with van der Waals surface area (Å²) in [6.07, 6.45) is 15.6. The Hall–Kier alpha value is 0.439. The van der Waals surface area contributed by atoms with Gasteiger partial charge in [0, 0.05) is 10.5 Å². The molecule has 0 bridgehead atoms. The van der Waals surface area contributed by atoms with E-state index < -0.39 is 11.9 Å². The fourth-order valence-electron chi connectivity index (χ4n) is 3.05. The number of hydrogen-bond donors (Lipinski definition) is 0. The third-order valence-electron chi connectivity index (χ3n) is 5.67. The van der Waals surface area contributed by atoms with Crippen molar-refractivity contribution in [3.05, 3.63) is 0 Å². The van der Waals surface area contributed by atoms with Gasteiger partial charge in [0.05, 0.1) is 11.9 Å². The molecule has 0 heterocycles. The first-order valence-corrected chi connectivity index (χ1v) is 21.0. The fourth-order valence-corrected chi connectivity index (χ4v) is 8.93. The molecule has 0 N–H and O–H groups in total. The Kier molecular flexibility index (Phi) is 37.0. The molecule has 0 saturated carbocycles. The number of carbonyl (C=O) groups excluding carboxylic acids is 2. The van der Waals surface area contributed by atoms with Crippen LogP contribution in [0.2, 0.25) is 8.87 Å². The second-order valence-corrected chi connectivity index (χ2v) is 17.8. The molecule has 0 spiro atoms. The first-order valence-electron chi connectivity index (χ1n) is 14.8. The number of carboxylic acids is 2. The molecule has 220 valence electrons. The Bertz CT molecular complexity index is 448. The molecule has 0 aromatic carbocycles. The van der Waals surface area contributed by atoms with Crippen molar-refractivity contribution in [3.8, 4) is 0 Å². The standard InChI is InChI=1S/2C11H22O2S.2C4H9.Sn/c2*1-9(2)7-5-4-6-8-14-10(3)11(12)13;2*1-3-4-2;/h2*9-10H,4-8H2,1-3H3,(H,12,13);2*1,3-4H2,2H3;/q;;;;+2/p-2. The predicted molar refractivity (Wildman–Crippen MR) is 166 cm³/mol. The van der Waals surface area contributed by atoms with Crippen molar-refractivity contribution in [3.63, 3.8) is 0 Å². The van der Waals surface area contributed by atoms with Crippen molar-refractivity contribution in [2.24, 2.45) is 11.8 Å². The summed E-state index contributed by atoms with van der Waals surface area (Å²) in [5.41, 5.74) is 0. The van der Waals surface area contributed by atoms with Crippen molar-refractivity contribution in [2.75, 3.05) is 11.5 Å². The summed E-state index contributed by atoms with van der Waals surface area (Å²) in [4.78, 5) is 20.8. The van der Waals surface area contributed by atoms with Gasteiger partial charge in [-0.25, -0.2) is 0 Å². The van der Waals surface area contributed by atoms with Crippen molar-refractivity contribution in [2.45, 2.75) is 152 Å². The van der Waals surface area contributed by atoms with Gasteiger partial charge in [-0.3, -0.25) is 0 Å². The summed E-state index contributed by atoms with van der Waals surface area (Å²) in [5, 5.41) is 20.0. The summed E-state index contributed by atoms with van der Waals surface area (Å²) in [5.74, 6) is 1.55. The normalized spacial score (nSPS) is 12.2. The number of carboxylic acid groups (broad SMARTS) is 2. The summed E-state index contributed by atoms with van der Waals surface area (Å²) in [6.45, 7) is 16.9. The van der Waals surface area contributed by atoms with Crippen LogP contribution in [0.4, 0.5) is 0 Å². The molecule has 0 radical (unpaired) electrons. The second kappa shape index (κ2) is 32.6. The van der Waals surface area contributed by atoms with Crippen LogP contribution in [0.15, 0.2) is 0 Å².